The molecule has 3 rings (SSSR count). The Morgan fingerprint density at radius 1 is 0.958 bits per heavy atom. The van der Waals surface area contributed by atoms with Crippen molar-refractivity contribution in [3.8, 4) is 5.75 Å². The molecule has 2 aliphatic heterocycles. The number of nitrogens with zero attached hydrogens (tertiary/aromatic N) is 3. The van der Waals surface area contributed by atoms with Crippen molar-refractivity contribution in [2.24, 2.45) is 0 Å². The van der Waals surface area contributed by atoms with Gasteiger partial charge in [-0.1, -0.05) is 0 Å². The Morgan fingerprint density at radius 3 is 2.25 bits per heavy atom. The number of piperidine rings is 1. The molecule has 0 saturated carbocycles. The molecule has 0 radical (unpaired) electrons. The minimum atomic E-state index is -3.60. The van der Waals surface area contributed by atoms with Crippen LogP contribution in [0.5, 0.6) is 5.75 Å². The number of benzene rings is 1. The van der Waals surface area contributed by atoms with Crippen LogP contribution in [-0.2, 0) is 10.0 Å². The summed E-state index contributed by atoms with van der Waals surface area (Å²) < 4.78 is 31.8. The van der Waals surface area contributed by atoms with Gasteiger partial charge in [0.2, 0.25) is 10.0 Å². The summed E-state index contributed by atoms with van der Waals surface area (Å²) in [4.78, 5) is 16.2. The van der Waals surface area contributed by atoms with Gasteiger partial charge in [0.05, 0.1) is 18.7 Å². The first-order valence-electron chi connectivity index (χ1n) is 8.20. The summed E-state index contributed by atoms with van der Waals surface area (Å²) in [5.41, 5.74) is 0. The molecule has 2 amide bonds. The number of ether oxygens (including phenoxy) is 1. The summed E-state index contributed by atoms with van der Waals surface area (Å²) in [7, 11) is -2.06. The topological polar surface area (TPSA) is 70.2 Å². The predicted octanol–water partition coefficient (Wildman–Crippen LogP) is 1.56. The van der Waals surface area contributed by atoms with E-state index >= 15 is 0 Å². The largest absolute Gasteiger partial charge is 0.497 e. The van der Waals surface area contributed by atoms with Crippen LogP contribution in [0, 0.1) is 0 Å². The van der Waals surface area contributed by atoms with Crippen molar-refractivity contribution in [1.82, 2.24) is 14.1 Å². The molecule has 1 aromatic carbocycles. The summed E-state index contributed by atoms with van der Waals surface area (Å²) in [6.45, 7) is 2.41. The van der Waals surface area contributed by atoms with Gasteiger partial charge >= 0.3 is 6.03 Å². The predicted molar refractivity (Wildman–Crippen MR) is 89.3 cm³/mol. The van der Waals surface area contributed by atoms with Crippen LogP contribution in [0.4, 0.5) is 4.79 Å². The van der Waals surface area contributed by atoms with Gasteiger partial charge in [-0.3, -0.25) is 0 Å². The Hall–Kier alpha value is -1.80. The molecule has 7 nitrogen and oxygen atoms in total. The van der Waals surface area contributed by atoms with E-state index < -0.39 is 10.0 Å². The van der Waals surface area contributed by atoms with Gasteiger partial charge in [0.15, 0.2) is 0 Å². The molecule has 0 aromatic heterocycles. The average Bonchev–Trinajstić information content (AvgIpc) is 3.13. The van der Waals surface area contributed by atoms with Crippen molar-refractivity contribution in [3.63, 3.8) is 0 Å². The third kappa shape index (κ3) is 3.34. The van der Waals surface area contributed by atoms with Crippen molar-refractivity contribution >= 4 is 16.1 Å². The highest BCUT2D eigenvalue weighted by atomic mass is 32.2. The number of rotatable bonds is 3. The number of carbonyl (C=O) groups excluding carboxylic acids is 1. The third-order valence-electron chi connectivity index (χ3n) is 4.54. The molecule has 0 bridgehead atoms. The van der Waals surface area contributed by atoms with Crippen LogP contribution < -0.4 is 4.74 Å². The lowest BCUT2D eigenvalue weighted by Crippen LogP contribution is -2.45. The number of likely N-dealkylation sites (tertiary alicyclic amines) is 1. The summed E-state index contributed by atoms with van der Waals surface area (Å²) >= 11 is 0. The minimum Gasteiger partial charge on any atom is -0.497 e. The van der Waals surface area contributed by atoms with Crippen LogP contribution in [-0.4, -0.2) is 68.5 Å². The molecule has 2 saturated heterocycles. The van der Waals surface area contributed by atoms with Gasteiger partial charge in [0.25, 0.3) is 0 Å². The fourth-order valence-electron chi connectivity index (χ4n) is 3.10. The normalized spacial score (nSPS) is 19.5. The lowest BCUT2D eigenvalue weighted by molar-refractivity contribution is 0.149. The van der Waals surface area contributed by atoms with Crippen LogP contribution in [0.2, 0.25) is 0 Å². The van der Waals surface area contributed by atoms with Crippen LogP contribution >= 0.6 is 0 Å². The molecule has 0 unspecified atom stereocenters. The van der Waals surface area contributed by atoms with Gasteiger partial charge < -0.3 is 14.5 Å². The highest BCUT2D eigenvalue weighted by molar-refractivity contribution is 7.89. The molecule has 2 aliphatic rings. The summed E-state index contributed by atoms with van der Waals surface area (Å²) in [6.07, 6.45) is 3.20. The third-order valence-corrected chi connectivity index (χ3v) is 6.39. The van der Waals surface area contributed by atoms with Gasteiger partial charge in [-0.05, 0) is 43.5 Å². The van der Waals surface area contributed by atoms with E-state index in [1.54, 1.807) is 17.0 Å². The zero-order valence-corrected chi connectivity index (χ0v) is 14.7. The van der Waals surface area contributed by atoms with Crippen LogP contribution in [0.3, 0.4) is 0 Å². The van der Waals surface area contributed by atoms with Crippen molar-refractivity contribution in [2.75, 3.05) is 40.0 Å². The highest BCUT2D eigenvalue weighted by Gasteiger charge is 2.35. The number of hydrogen-bond donors (Lipinski definition) is 0. The first-order valence-corrected chi connectivity index (χ1v) is 9.64. The summed E-state index contributed by atoms with van der Waals surface area (Å²) in [5, 5.41) is 0. The lowest BCUT2D eigenvalue weighted by Gasteiger charge is -2.30. The first-order chi connectivity index (χ1) is 11.5. The molecule has 0 atom stereocenters. The molecule has 0 aliphatic carbocycles. The van der Waals surface area contributed by atoms with E-state index in [4.69, 9.17) is 4.74 Å². The SMILES string of the molecule is COc1ccc(S(=O)(=O)N2CCN(C(=O)N3CCCCC3)C2)cc1. The van der Waals surface area contributed by atoms with Gasteiger partial charge in [0.1, 0.15) is 5.75 Å². The zero-order chi connectivity index (χ0) is 17.2. The molecule has 132 valence electrons. The fourth-order valence-corrected chi connectivity index (χ4v) is 4.49. The number of amides is 2. The number of carbonyl (C=O) groups is 1. The second-order valence-electron chi connectivity index (χ2n) is 6.09. The Labute approximate surface area is 142 Å². The van der Waals surface area contributed by atoms with Crippen molar-refractivity contribution in [1.29, 1.82) is 0 Å². The molecular weight excluding hydrogens is 330 g/mol. The van der Waals surface area contributed by atoms with Crippen molar-refractivity contribution in [3.05, 3.63) is 24.3 Å². The van der Waals surface area contributed by atoms with E-state index in [0.29, 0.717) is 18.8 Å². The molecule has 0 N–H and O–H groups in total. The van der Waals surface area contributed by atoms with Crippen LogP contribution in [0.15, 0.2) is 29.2 Å². The number of hydrogen-bond acceptors (Lipinski definition) is 4. The molecule has 1 aromatic rings. The van der Waals surface area contributed by atoms with Gasteiger partial charge in [0, 0.05) is 26.2 Å². The maximum atomic E-state index is 12.7. The van der Waals surface area contributed by atoms with E-state index in [2.05, 4.69) is 0 Å². The number of methoxy groups -OCH3 is 1. The highest BCUT2D eigenvalue weighted by Crippen LogP contribution is 2.23. The van der Waals surface area contributed by atoms with Gasteiger partial charge in [-0.2, -0.15) is 4.31 Å². The van der Waals surface area contributed by atoms with E-state index in [1.807, 2.05) is 4.90 Å². The molecule has 2 heterocycles. The number of urea groups is 1. The maximum absolute atomic E-state index is 12.7. The molecular formula is C16H23N3O4S. The molecule has 0 spiro atoms. The Balaban J connectivity index is 1.68. The molecule has 8 heteroatoms. The van der Waals surface area contributed by atoms with Gasteiger partial charge in [-0.15, -0.1) is 0 Å². The van der Waals surface area contributed by atoms with Crippen LogP contribution in [0.25, 0.3) is 0 Å². The monoisotopic (exact) mass is 353 g/mol. The van der Waals surface area contributed by atoms with E-state index in [0.717, 1.165) is 32.4 Å². The Kier molecular flexibility index (Phi) is 4.96. The summed E-state index contributed by atoms with van der Waals surface area (Å²) in [6, 6.07) is 6.26. The van der Waals surface area contributed by atoms with Crippen LogP contribution in [0.1, 0.15) is 19.3 Å². The first kappa shape index (κ1) is 17.0. The fraction of sp³-hybridized carbons (Fsp3) is 0.562. The quantitative estimate of drug-likeness (QED) is 0.827. The van der Waals surface area contributed by atoms with Crippen molar-refractivity contribution < 1.29 is 17.9 Å². The zero-order valence-electron chi connectivity index (χ0n) is 13.8. The summed E-state index contributed by atoms with van der Waals surface area (Å²) in [5.74, 6) is 0.609. The smallest absolute Gasteiger partial charge is 0.321 e. The standard InChI is InChI=1S/C16H23N3O4S/c1-23-14-5-7-15(8-6-14)24(21,22)19-12-11-18(13-19)16(20)17-9-3-2-4-10-17/h5-8H,2-4,9-13H2,1H3. The van der Waals surface area contributed by atoms with E-state index in [-0.39, 0.29) is 17.6 Å². The minimum absolute atomic E-state index is 0.0536. The van der Waals surface area contributed by atoms with Crippen molar-refractivity contribution in [2.45, 2.75) is 24.2 Å². The average molecular weight is 353 g/mol. The second kappa shape index (κ2) is 6.98. The lowest BCUT2D eigenvalue weighted by atomic mass is 10.1. The second-order valence-corrected chi connectivity index (χ2v) is 8.03. The number of sulfonamides is 1. The maximum Gasteiger partial charge on any atom is 0.321 e. The Morgan fingerprint density at radius 2 is 1.62 bits per heavy atom. The van der Waals surface area contributed by atoms with Gasteiger partial charge in [-0.25, -0.2) is 13.2 Å². The Bertz CT molecular complexity index is 684. The molecule has 24 heavy (non-hydrogen) atoms. The van der Waals surface area contributed by atoms with E-state index in [1.165, 1.54) is 23.5 Å². The van der Waals surface area contributed by atoms with E-state index in [9.17, 15) is 13.2 Å². The molecule has 2 fully saturated rings.